The molecule has 0 heterocycles. The second-order valence-electron chi connectivity index (χ2n) is 4.92. The zero-order valence-corrected chi connectivity index (χ0v) is 14.2. The molecule has 0 aromatic heterocycles. The largest absolute Gasteiger partial charge is 0.481 e. The Kier molecular flexibility index (Phi) is 7.31. The second kappa shape index (κ2) is 8.73. The van der Waals surface area contributed by atoms with Gasteiger partial charge in [-0.25, -0.2) is 13.2 Å². The molecule has 1 aromatic rings. The number of hydrogen-bond donors (Lipinski definition) is 2. The first-order chi connectivity index (χ1) is 10.7. The number of carbonyl (C=O) groups excluding carboxylic acids is 1. The molecule has 7 nitrogen and oxygen atoms in total. The minimum Gasteiger partial charge on any atom is -0.481 e. The molecule has 0 saturated heterocycles. The monoisotopic (exact) mass is 362 g/mol. The predicted molar refractivity (Wildman–Crippen MR) is 86.4 cm³/mol. The molecular formula is C14H19ClN2O5S. The van der Waals surface area contributed by atoms with Gasteiger partial charge in [-0.2, -0.15) is 0 Å². The molecule has 0 unspecified atom stereocenters. The van der Waals surface area contributed by atoms with Gasteiger partial charge in [0, 0.05) is 25.2 Å². The summed E-state index contributed by atoms with van der Waals surface area (Å²) in [5, 5.41) is 11.5. The van der Waals surface area contributed by atoms with Crippen molar-refractivity contribution < 1.29 is 23.1 Å². The van der Waals surface area contributed by atoms with Gasteiger partial charge in [-0.05, 0) is 30.7 Å². The van der Waals surface area contributed by atoms with E-state index in [0.29, 0.717) is 5.02 Å². The van der Waals surface area contributed by atoms with Crippen LogP contribution in [0.25, 0.3) is 0 Å². The van der Waals surface area contributed by atoms with Crippen molar-refractivity contribution in [2.75, 3.05) is 25.9 Å². The molecule has 128 valence electrons. The molecule has 0 spiro atoms. The third-order valence-corrected chi connectivity index (χ3v) is 5.12. The number of nitrogens with zero attached hydrogens (tertiary/aromatic N) is 1. The van der Waals surface area contributed by atoms with Gasteiger partial charge in [0.15, 0.2) is 9.84 Å². The summed E-state index contributed by atoms with van der Waals surface area (Å²) in [5.74, 6) is -1.09. The number of rotatable bonds is 8. The third-order valence-electron chi connectivity index (χ3n) is 3.05. The number of amides is 2. The highest BCUT2D eigenvalue weighted by Gasteiger charge is 2.14. The van der Waals surface area contributed by atoms with Crippen LogP contribution < -0.4 is 5.32 Å². The normalized spacial score (nSPS) is 11.0. The van der Waals surface area contributed by atoms with Crippen LogP contribution in [0.3, 0.4) is 0 Å². The number of benzene rings is 1. The standard InChI is InChI=1S/C14H19ClN2O5S/c1-17(9-7-13(18)19)14(20)16-8-2-10-23(21,22)12-5-3-11(15)4-6-12/h3-6H,2,7-10H2,1H3,(H,16,20)(H,18,19). The SMILES string of the molecule is CN(CCC(=O)O)C(=O)NCCCS(=O)(=O)c1ccc(Cl)cc1. The van der Waals surface area contributed by atoms with Gasteiger partial charge in [0.2, 0.25) is 0 Å². The highest BCUT2D eigenvalue weighted by molar-refractivity contribution is 7.91. The summed E-state index contributed by atoms with van der Waals surface area (Å²) in [6.07, 6.45) is 0.109. The van der Waals surface area contributed by atoms with Gasteiger partial charge in [-0.3, -0.25) is 4.79 Å². The van der Waals surface area contributed by atoms with Gasteiger partial charge in [-0.15, -0.1) is 0 Å². The van der Waals surface area contributed by atoms with Crippen LogP contribution in [0.5, 0.6) is 0 Å². The highest BCUT2D eigenvalue weighted by Crippen LogP contribution is 2.15. The smallest absolute Gasteiger partial charge is 0.317 e. The van der Waals surface area contributed by atoms with Crippen molar-refractivity contribution in [2.45, 2.75) is 17.7 Å². The molecule has 0 fully saturated rings. The Hall–Kier alpha value is -1.80. The average molecular weight is 363 g/mol. The minimum atomic E-state index is -3.42. The number of aliphatic carboxylic acids is 1. The summed E-state index contributed by atoms with van der Waals surface area (Å²) in [4.78, 5) is 23.5. The molecular weight excluding hydrogens is 344 g/mol. The molecule has 0 aliphatic heterocycles. The second-order valence-corrected chi connectivity index (χ2v) is 7.47. The van der Waals surface area contributed by atoms with Gasteiger partial charge in [0.05, 0.1) is 17.1 Å². The zero-order valence-electron chi connectivity index (χ0n) is 12.7. The van der Waals surface area contributed by atoms with E-state index in [1.165, 1.54) is 36.2 Å². The number of sulfone groups is 1. The van der Waals surface area contributed by atoms with Gasteiger partial charge in [0.1, 0.15) is 0 Å². The van der Waals surface area contributed by atoms with Crippen LogP contribution in [0.15, 0.2) is 29.2 Å². The van der Waals surface area contributed by atoms with Crippen molar-refractivity contribution in [1.29, 1.82) is 0 Å². The Morgan fingerprint density at radius 1 is 1.26 bits per heavy atom. The van der Waals surface area contributed by atoms with E-state index in [0.717, 1.165) is 0 Å². The summed E-state index contributed by atoms with van der Waals surface area (Å²) in [5.41, 5.74) is 0. The molecule has 0 aliphatic carbocycles. The molecule has 0 saturated carbocycles. The van der Waals surface area contributed by atoms with Gasteiger partial charge < -0.3 is 15.3 Å². The van der Waals surface area contributed by atoms with E-state index in [1.54, 1.807) is 0 Å². The first kappa shape index (κ1) is 19.2. The minimum absolute atomic E-state index is 0.0875. The Labute approximate surface area is 140 Å². The number of carboxylic acids is 1. The lowest BCUT2D eigenvalue weighted by molar-refractivity contribution is -0.137. The van der Waals surface area contributed by atoms with E-state index >= 15 is 0 Å². The number of carboxylic acid groups (broad SMARTS) is 1. The van der Waals surface area contributed by atoms with E-state index in [9.17, 15) is 18.0 Å². The van der Waals surface area contributed by atoms with Gasteiger partial charge >= 0.3 is 12.0 Å². The molecule has 2 amide bonds. The first-order valence-electron chi connectivity index (χ1n) is 6.91. The number of nitrogens with one attached hydrogen (secondary N) is 1. The lowest BCUT2D eigenvalue weighted by Gasteiger charge is -2.16. The lowest BCUT2D eigenvalue weighted by Crippen LogP contribution is -2.39. The van der Waals surface area contributed by atoms with Gasteiger partial charge in [0.25, 0.3) is 0 Å². The number of halogens is 1. The van der Waals surface area contributed by atoms with Crippen LogP contribution in [0.4, 0.5) is 4.79 Å². The summed E-state index contributed by atoms with van der Waals surface area (Å²) in [6, 6.07) is 5.46. The Bertz CT molecular complexity index is 646. The fourth-order valence-electron chi connectivity index (χ4n) is 1.72. The Morgan fingerprint density at radius 3 is 2.43 bits per heavy atom. The fraction of sp³-hybridized carbons (Fsp3) is 0.429. The van der Waals surface area contributed by atoms with Crippen LogP contribution in [0.2, 0.25) is 5.02 Å². The molecule has 0 atom stereocenters. The van der Waals surface area contributed by atoms with E-state index < -0.39 is 21.8 Å². The van der Waals surface area contributed by atoms with Crippen molar-refractivity contribution in [3.05, 3.63) is 29.3 Å². The summed E-state index contributed by atoms with van der Waals surface area (Å²) < 4.78 is 24.1. The molecule has 9 heteroatoms. The van der Waals surface area contributed by atoms with Crippen molar-refractivity contribution in [3.63, 3.8) is 0 Å². The maximum Gasteiger partial charge on any atom is 0.317 e. The fourth-order valence-corrected chi connectivity index (χ4v) is 3.15. The third kappa shape index (κ3) is 6.87. The predicted octanol–water partition coefficient (Wildman–Crippen LogP) is 1.62. The van der Waals surface area contributed by atoms with Crippen LogP contribution in [0.1, 0.15) is 12.8 Å². The maximum atomic E-state index is 12.1. The summed E-state index contributed by atoms with van der Waals surface area (Å²) in [6.45, 7) is 0.271. The Balaban J connectivity index is 2.37. The van der Waals surface area contributed by atoms with Gasteiger partial charge in [-0.1, -0.05) is 11.6 Å². The van der Waals surface area contributed by atoms with E-state index in [2.05, 4.69) is 5.32 Å². The molecule has 1 rings (SSSR count). The van der Waals surface area contributed by atoms with E-state index in [1.807, 2.05) is 0 Å². The van der Waals surface area contributed by atoms with Crippen LogP contribution >= 0.6 is 11.6 Å². The van der Waals surface area contributed by atoms with Crippen molar-refractivity contribution in [3.8, 4) is 0 Å². The molecule has 0 radical (unpaired) electrons. The van der Waals surface area contributed by atoms with Crippen molar-refractivity contribution in [2.24, 2.45) is 0 Å². The molecule has 23 heavy (non-hydrogen) atoms. The number of hydrogen-bond acceptors (Lipinski definition) is 4. The highest BCUT2D eigenvalue weighted by atomic mass is 35.5. The molecule has 0 bridgehead atoms. The average Bonchev–Trinajstić information content (AvgIpc) is 2.49. The molecule has 2 N–H and O–H groups in total. The summed E-state index contributed by atoms with van der Waals surface area (Å²) >= 11 is 5.71. The first-order valence-corrected chi connectivity index (χ1v) is 8.94. The van der Waals surface area contributed by atoms with Crippen LogP contribution in [0, 0.1) is 0 Å². The lowest BCUT2D eigenvalue weighted by atomic mass is 10.4. The molecule has 0 aliphatic rings. The number of urea groups is 1. The Morgan fingerprint density at radius 2 is 1.87 bits per heavy atom. The zero-order chi connectivity index (χ0) is 17.5. The van der Waals surface area contributed by atoms with E-state index in [-0.39, 0.29) is 36.6 Å². The summed E-state index contributed by atoms with van der Waals surface area (Å²) in [7, 11) is -1.94. The van der Waals surface area contributed by atoms with E-state index in [4.69, 9.17) is 16.7 Å². The van der Waals surface area contributed by atoms with Crippen molar-refractivity contribution in [1.82, 2.24) is 10.2 Å². The van der Waals surface area contributed by atoms with Crippen molar-refractivity contribution >= 4 is 33.4 Å². The quantitative estimate of drug-likeness (QED) is 0.684. The van der Waals surface area contributed by atoms with Crippen LogP contribution in [-0.2, 0) is 14.6 Å². The molecule has 1 aromatic carbocycles. The topological polar surface area (TPSA) is 104 Å². The maximum absolute atomic E-state index is 12.1. The van der Waals surface area contributed by atoms with Crippen LogP contribution in [-0.4, -0.2) is 56.3 Å². The number of carbonyl (C=O) groups is 2.